The van der Waals surface area contributed by atoms with E-state index < -0.39 is 0 Å². The number of nitrogens with two attached hydrogens (primary N) is 1. The van der Waals surface area contributed by atoms with Crippen LogP contribution in [0.25, 0.3) is 0 Å². The quantitative estimate of drug-likeness (QED) is 0.712. The summed E-state index contributed by atoms with van der Waals surface area (Å²) in [5, 5.41) is 1.06. The van der Waals surface area contributed by atoms with Gasteiger partial charge in [-0.1, -0.05) is 6.92 Å². The van der Waals surface area contributed by atoms with E-state index in [1.807, 2.05) is 0 Å². The van der Waals surface area contributed by atoms with E-state index in [4.69, 9.17) is 5.73 Å². The van der Waals surface area contributed by atoms with Crippen molar-refractivity contribution in [1.29, 1.82) is 0 Å². The van der Waals surface area contributed by atoms with Crippen molar-refractivity contribution in [2.75, 3.05) is 6.54 Å². The van der Waals surface area contributed by atoms with Gasteiger partial charge >= 0.3 is 0 Å². The Hall–Kier alpha value is -0.480. The zero-order valence-corrected chi connectivity index (χ0v) is 6.77. The summed E-state index contributed by atoms with van der Waals surface area (Å²) in [7, 11) is 0. The van der Waals surface area contributed by atoms with E-state index in [0.717, 1.165) is 11.4 Å². The van der Waals surface area contributed by atoms with E-state index in [0.29, 0.717) is 12.5 Å². The summed E-state index contributed by atoms with van der Waals surface area (Å²) in [6, 6.07) is 0. The Balaban J connectivity index is 2.64. The molecule has 4 heteroatoms. The van der Waals surface area contributed by atoms with Gasteiger partial charge in [-0.05, 0) is 18.0 Å². The summed E-state index contributed by atoms with van der Waals surface area (Å²) >= 11 is 1.44. The molecule has 2 N–H and O–H groups in total. The lowest BCUT2D eigenvalue weighted by atomic mass is 10.1. The van der Waals surface area contributed by atoms with Gasteiger partial charge in [0, 0.05) is 12.5 Å². The van der Waals surface area contributed by atoms with Gasteiger partial charge in [0.1, 0.15) is 11.3 Å². The maximum atomic E-state index is 5.51. The third kappa shape index (κ3) is 1.52. The van der Waals surface area contributed by atoms with Crippen molar-refractivity contribution >= 4 is 11.5 Å². The van der Waals surface area contributed by atoms with Crippen LogP contribution in [-0.4, -0.2) is 15.9 Å². The second-order valence-corrected chi connectivity index (χ2v) is 2.93. The molecule has 1 aromatic heterocycles. The third-order valence-corrected chi connectivity index (χ3v) is 2.33. The Morgan fingerprint density at radius 3 is 3.00 bits per heavy atom. The van der Waals surface area contributed by atoms with Crippen molar-refractivity contribution in [3.05, 3.63) is 11.3 Å². The number of aromatic nitrogens is 2. The van der Waals surface area contributed by atoms with Crippen LogP contribution in [0.1, 0.15) is 24.3 Å². The smallest absolute Gasteiger partial charge is 0.129 e. The van der Waals surface area contributed by atoms with E-state index in [-0.39, 0.29) is 0 Å². The normalized spacial score (nSPS) is 13.4. The molecule has 0 aliphatic rings. The monoisotopic (exact) mass is 157 g/mol. The molecule has 1 aromatic rings. The fourth-order valence-electron chi connectivity index (χ4n) is 0.804. The van der Waals surface area contributed by atoms with Gasteiger partial charge in [0.2, 0.25) is 0 Å². The molecule has 0 aliphatic heterocycles. The molecular formula is C6H11N3S. The number of rotatable bonds is 3. The molecule has 1 atom stereocenters. The molecule has 0 bridgehead atoms. The zero-order chi connectivity index (χ0) is 7.40. The van der Waals surface area contributed by atoms with Gasteiger partial charge < -0.3 is 5.73 Å². The van der Waals surface area contributed by atoms with Crippen molar-refractivity contribution in [2.24, 2.45) is 5.73 Å². The Bertz CT molecular complexity index is 169. The highest BCUT2D eigenvalue weighted by atomic mass is 32.1. The highest BCUT2D eigenvalue weighted by molar-refractivity contribution is 7.05. The maximum Gasteiger partial charge on any atom is 0.129 e. The Labute approximate surface area is 64.5 Å². The minimum absolute atomic E-state index is 0.410. The van der Waals surface area contributed by atoms with Crippen molar-refractivity contribution in [1.82, 2.24) is 9.36 Å². The van der Waals surface area contributed by atoms with Crippen molar-refractivity contribution in [2.45, 2.75) is 19.3 Å². The molecule has 0 spiro atoms. The van der Waals surface area contributed by atoms with E-state index >= 15 is 0 Å². The lowest BCUT2D eigenvalue weighted by molar-refractivity contribution is 0.669. The molecule has 1 heterocycles. The van der Waals surface area contributed by atoms with Crippen LogP contribution in [0.4, 0.5) is 0 Å². The molecule has 56 valence electrons. The molecule has 0 saturated heterocycles. The second-order valence-electron chi connectivity index (χ2n) is 2.12. The predicted molar refractivity (Wildman–Crippen MR) is 42.0 cm³/mol. The van der Waals surface area contributed by atoms with Crippen LogP contribution < -0.4 is 5.73 Å². The summed E-state index contributed by atoms with van der Waals surface area (Å²) in [5.41, 5.74) is 5.51. The predicted octanol–water partition coefficient (Wildman–Crippen LogP) is 0.990. The highest BCUT2D eigenvalue weighted by Gasteiger charge is 2.09. The third-order valence-electron chi connectivity index (χ3n) is 1.50. The summed E-state index contributed by atoms with van der Waals surface area (Å²) in [5.74, 6) is 0.410. The SMILES string of the molecule is CCC(CN)c1ncns1. The molecule has 0 saturated carbocycles. The van der Waals surface area contributed by atoms with Gasteiger partial charge in [0.25, 0.3) is 0 Å². The maximum absolute atomic E-state index is 5.51. The first-order chi connectivity index (χ1) is 4.88. The van der Waals surface area contributed by atoms with Crippen LogP contribution in [0.3, 0.4) is 0 Å². The molecule has 1 rings (SSSR count). The molecule has 3 nitrogen and oxygen atoms in total. The van der Waals surface area contributed by atoms with Crippen LogP contribution >= 0.6 is 11.5 Å². The molecule has 0 amide bonds. The fourth-order valence-corrected chi connectivity index (χ4v) is 1.51. The molecule has 0 aliphatic carbocycles. The standard InChI is InChI=1S/C6H11N3S/c1-2-5(3-7)6-8-4-9-10-6/h4-5H,2-3,7H2,1H3. The Kier molecular flexibility index (Phi) is 2.77. The second kappa shape index (κ2) is 3.63. The Morgan fingerprint density at radius 1 is 1.80 bits per heavy atom. The molecule has 0 radical (unpaired) electrons. The van der Waals surface area contributed by atoms with Crippen LogP contribution in [0.2, 0.25) is 0 Å². The van der Waals surface area contributed by atoms with Crippen LogP contribution in [-0.2, 0) is 0 Å². The van der Waals surface area contributed by atoms with Gasteiger partial charge in [-0.25, -0.2) is 4.98 Å². The number of nitrogens with zero attached hydrogens (tertiary/aromatic N) is 2. The molecule has 0 fully saturated rings. The topological polar surface area (TPSA) is 51.8 Å². The first kappa shape index (κ1) is 7.63. The summed E-state index contributed by atoms with van der Waals surface area (Å²) < 4.78 is 3.91. The minimum Gasteiger partial charge on any atom is -0.330 e. The first-order valence-corrected chi connectivity index (χ1v) is 4.12. The molecule has 0 aromatic carbocycles. The van der Waals surface area contributed by atoms with Crippen LogP contribution in [0.5, 0.6) is 0 Å². The van der Waals surface area contributed by atoms with Crippen LogP contribution in [0, 0.1) is 0 Å². The number of hydrogen-bond donors (Lipinski definition) is 1. The number of hydrogen-bond acceptors (Lipinski definition) is 4. The van der Waals surface area contributed by atoms with E-state index in [1.54, 1.807) is 6.33 Å². The summed E-state index contributed by atoms with van der Waals surface area (Å²) in [4.78, 5) is 4.09. The molecule has 10 heavy (non-hydrogen) atoms. The summed E-state index contributed by atoms with van der Waals surface area (Å²) in [6.07, 6.45) is 2.63. The van der Waals surface area contributed by atoms with Crippen molar-refractivity contribution in [3.63, 3.8) is 0 Å². The van der Waals surface area contributed by atoms with Gasteiger partial charge in [0.05, 0.1) is 0 Å². The first-order valence-electron chi connectivity index (χ1n) is 3.35. The Morgan fingerprint density at radius 2 is 2.60 bits per heavy atom. The zero-order valence-electron chi connectivity index (χ0n) is 5.95. The lowest BCUT2D eigenvalue weighted by Crippen LogP contribution is -2.10. The lowest BCUT2D eigenvalue weighted by Gasteiger charge is -2.05. The largest absolute Gasteiger partial charge is 0.330 e. The minimum atomic E-state index is 0.410. The van der Waals surface area contributed by atoms with Gasteiger partial charge in [-0.2, -0.15) is 4.37 Å². The summed E-state index contributed by atoms with van der Waals surface area (Å²) in [6.45, 7) is 2.78. The molecule has 1 unspecified atom stereocenters. The van der Waals surface area contributed by atoms with Gasteiger partial charge in [0.15, 0.2) is 0 Å². The average molecular weight is 157 g/mol. The van der Waals surface area contributed by atoms with E-state index in [9.17, 15) is 0 Å². The van der Waals surface area contributed by atoms with E-state index in [2.05, 4.69) is 16.3 Å². The van der Waals surface area contributed by atoms with E-state index in [1.165, 1.54) is 11.5 Å². The fraction of sp³-hybridized carbons (Fsp3) is 0.667. The van der Waals surface area contributed by atoms with Gasteiger partial charge in [-0.3, -0.25) is 0 Å². The van der Waals surface area contributed by atoms with Crippen molar-refractivity contribution in [3.8, 4) is 0 Å². The highest BCUT2D eigenvalue weighted by Crippen LogP contribution is 2.17. The average Bonchev–Trinajstić information content (AvgIpc) is 2.43. The molecular weight excluding hydrogens is 146 g/mol. The van der Waals surface area contributed by atoms with Crippen molar-refractivity contribution < 1.29 is 0 Å². The van der Waals surface area contributed by atoms with Crippen LogP contribution in [0.15, 0.2) is 6.33 Å². The van der Waals surface area contributed by atoms with Gasteiger partial charge in [-0.15, -0.1) is 0 Å².